The normalized spacial score (nSPS) is 24.1. The highest BCUT2D eigenvalue weighted by Crippen LogP contribution is 2.43. The lowest BCUT2D eigenvalue weighted by atomic mass is 9.98. The van der Waals surface area contributed by atoms with Gasteiger partial charge in [-0.2, -0.15) is 5.10 Å². The van der Waals surface area contributed by atoms with Crippen molar-refractivity contribution in [1.29, 1.82) is 0 Å². The first kappa shape index (κ1) is 15.0. The summed E-state index contributed by atoms with van der Waals surface area (Å²) in [6.07, 6.45) is 12.0. The molecule has 0 aromatic carbocycles. The molecule has 5 heteroatoms. The zero-order valence-electron chi connectivity index (χ0n) is 13.0. The summed E-state index contributed by atoms with van der Waals surface area (Å²) in [5.74, 6) is 0. The Balaban J connectivity index is 1.44. The standard InChI is InChI=1S/C16H27N3O2/c1-20-9-8-17-10-14-11-18-19(12-14)13-15-4-7-16(21-15)5-2-3-6-16/h11-12,15,17H,2-10,13H2,1H3. The van der Waals surface area contributed by atoms with Crippen molar-refractivity contribution in [3.05, 3.63) is 18.0 Å². The maximum Gasteiger partial charge on any atom is 0.0779 e. The van der Waals surface area contributed by atoms with Crippen LogP contribution in [0, 0.1) is 0 Å². The van der Waals surface area contributed by atoms with Gasteiger partial charge in [0.25, 0.3) is 0 Å². The summed E-state index contributed by atoms with van der Waals surface area (Å²) in [5.41, 5.74) is 1.45. The molecule has 2 aliphatic rings. The van der Waals surface area contributed by atoms with E-state index in [1.165, 1.54) is 44.1 Å². The molecular weight excluding hydrogens is 266 g/mol. The molecule has 0 radical (unpaired) electrons. The molecule has 21 heavy (non-hydrogen) atoms. The fourth-order valence-electron chi connectivity index (χ4n) is 3.62. The molecule has 118 valence electrons. The second-order valence-electron chi connectivity index (χ2n) is 6.41. The Bertz CT molecular complexity index is 440. The quantitative estimate of drug-likeness (QED) is 0.782. The average Bonchev–Trinajstić information content (AvgIpc) is 3.20. The Morgan fingerprint density at radius 3 is 3.10 bits per heavy atom. The first-order valence-corrected chi connectivity index (χ1v) is 8.18. The fraction of sp³-hybridized carbons (Fsp3) is 0.812. The minimum absolute atomic E-state index is 0.225. The van der Waals surface area contributed by atoms with Crippen LogP contribution in [0.4, 0.5) is 0 Å². The van der Waals surface area contributed by atoms with Gasteiger partial charge in [-0.3, -0.25) is 4.68 Å². The smallest absolute Gasteiger partial charge is 0.0779 e. The zero-order valence-corrected chi connectivity index (χ0v) is 13.0. The van der Waals surface area contributed by atoms with Gasteiger partial charge in [-0.05, 0) is 25.7 Å². The van der Waals surface area contributed by atoms with Gasteiger partial charge in [-0.15, -0.1) is 0 Å². The van der Waals surface area contributed by atoms with Gasteiger partial charge in [0.15, 0.2) is 0 Å². The van der Waals surface area contributed by atoms with Gasteiger partial charge in [0.05, 0.1) is 31.1 Å². The molecule has 5 nitrogen and oxygen atoms in total. The number of hydrogen-bond donors (Lipinski definition) is 1. The molecule has 1 saturated heterocycles. The van der Waals surface area contributed by atoms with Crippen LogP contribution in [0.15, 0.2) is 12.4 Å². The summed E-state index contributed by atoms with van der Waals surface area (Å²) in [4.78, 5) is 0. The number of aromatic nitrogens is 2. The number of ether oxygens (including phenoxy) is 2. The van der Waals surface area contributed by atoms with Crippen LogP contribution < -0.4 is 5.32 Å². The lowest BCUT2D eigenvalue weighted by Crippen LogP contribution is -2.26. The second-order valence-corrected chi connectivity index (χ2v) is 6.41. The molecule has 3 rings (SSSR count). The van der Waals surface area contributed by atoms with Crippen LogP contribution in [0.2, 0.25) is 0 Å². The summed E-state index contributed by atoms with van der Waals surface area (Å²) in [6.45, 7) is 3.35. The Morgan fingerprint density at radius 2 is 2.29 bits per heavy atom. The number of nitrogens with zero attached hydrogens (tertiary/aromatic N) is 2. The maximum atomic E-state index is 6.34. The van der Waals surface area contributed by atoms with Crippen molar-refractivity contribution in [3.8, 4) is 0 Å². The SMILES string of the molecule is COCCNCc1cnn(CC2CCC3(CCCC3)O2)c1. The van der Waals surface area contributed by atoms with E-state index in [9.17, 15) is 0 Å². The molecule has 1 unspecified atom stereocenters. The highest BCUT2D eigenvalue weighted by Gasteiger charge is 2.42. The molecule has 1 saturated carbocycles. The molecule has 1 spiro atoms. The van der Waals surface area contributed by atoms with E-state index in [4.69, 9.17) is 9.47 Å². The number of rotatable bonds is 7. The van der Waals surface area contributed by atoms with E-state index in [0.717, 1.165) is 26.2 Å². The van der Waals surface area contributed by atoms with Crippen LogP contribution in [-0.4, -0.2) is 41.7 Å². The number of methoxy groups -OCH3 is 1. The summed E-state index contributed by atoms with van der Waals surface area (Å²) >= 11 is 0. The largest absolute Gasteiger partial charge is 0.383 e. The minimum atomic E-state index is 0.225. The molecule has 2 heterocycles. The van der Waals surface area contributed by atoms with Gasteiger partial charge >= 0.3 is 0 Å². The van der Waals surface area contributed by atoms with Crippen molar-refractivity contribution in [1.82, 2.24) is 15.1 Å². The molecule has 0 bridgehead atoms. The summed E-state index contributed by atoms with van der Waals surface area (Å²) in [7, 11) is 1.72. The first-order chi connectivity index (χ1) is 10.3. The Hall–Kier alpha value is -0.910. The Labute approximate surface area is 127 Å². The van der Waals surface area contributed by atoms with E-state index < -0.39 is 0 Å². The van der Waals surface area contributed by atoms with E-state index in [1.807, 2.05) is 10.9 Å². The Kier molecular flexibility index (Phi) is 4.93. The molecule has 1 N–H and O–H groups in total. The highest BCUT2D eigenvalue weighted by molar-refractivity contribution is 5.03. The van der Waals surface area contributed by atoms with Crippen LogP contribution in [-0.2, 0) is 22.6 Å². The van der Waals surface area contributed by atoms with Crippen LogP contribution >= 0.6 is 0 Å². The fourth-order valence-corrected chi connectivity index (χ4v) is 3.62. The third-order valence-electron chi connectivity index (χ3n) is 4.74. The van der Waals surface area contributed by atoms with Gasteiger partial charge in [0.2, 0.25) is 0 Å². The molecule has 1 aliphatic carbocycles. The molecule has 1 aliphatic heterocycles. The highest BCUT2D eigenvalue weighted by atomic mass is 16.5. The van der Waals surface area contributed by atoms with Gasteiger partial charge < -0.3 is 14.8 Å². The van der Waals surface area contributed by atoms with Gasteiger partial charge in [0.1, 0.15) is 0 Å². The van der Waals surface area contributed by atoms with Crippen molar-refractivity contribution in [3.63, 3.8) is 0 Å². The van der Waals surface area contributed by atoms with Crippen molar-refractivity contribution < 1.29 is 9.47 Å². The molecular formula is C16H27N3O2. The number of nitrogens with one attached hydrogen (secondary N) is 1. The van der Waals surface area contributed by atoms with E-state index in [0.29, 0.717) is 6.10 Å². The summed E-state index contributed by atoms with van der Waals surface area (Å²) < 4.78 is 13.4. The van der Waals surface area contributed by atoms with Gasteiger partial charge in [-0.25, -0.2) is 0 Å². The van der Waals surface area contributed by atoms with E-state index in [2.05, 4.69) is 16.6 Å². The van der Waals surface area contributed by atoms with Crippen LogP contribution in [0.1, 0.15) is 44.1 Å². The summed E-state index contributed by atoms with van der Waals surface area (Å²) in [6, 6.07) is 0. The lowest BCUT2D eigenvalue weighted by Gasteiger charge is -2.23. The first-order valence-electron chi connectivity index (χ1n) is 8.18. The van der Waals surface area contributed by atoms with E-state index >= 15 is 0 Å². The van der Waals surface area contributed by atoms with Crippen molar-refractivity contribution in [2.24, 2.45) is 0 Å². The Morgan fingerprint density at radius 1 is 1.43 bits per heavy atom. The topological polar surface area (TPSA) is 48.3 Å². The van der Waals surface area contributed by atoms with E-state index in [-0.39, 0.29) is 5.60 Å². The average molecular weight is 293 g/mol. The zero-order chi connectivity index (χ0) is 14.5. The van der Waals surface area contributed by atoms with Gasteiger partial charge in [-0.1, -0.05) is 12.8 Å². The van der Waals surface area contributed by atoms with Crippen molar-refractivity contribution in [2.75, 3.05) is 20.3 Å². The minimum Gasteiger partial charge on any atom is -0.383 e. The third-order valence-corrected chi connectivity index (χ3v) is 4.74. The lowest BCUT2D eigenvalue weighted by molar-refractivity contribution is -0.0429. The molecule has 1 aromatic heterocycles. The summed E-state index contributed by atoms with van der Waals surface area (Å²) in [5, 5.41) is 7.80. The molecule has 2 fully saturated rings. The van der Waals surface area contributed by atoms with Crippen LogP contribution in [0.25, 0.3) is 0 Å². The van der Waals surface area contributed by atoms with Gasteiger partial charge in [0, 0.05) is 32.0 Å². The predicted molar refractivity (Wildman–Crippen MR) is 81.1 cm³/mol. The van der Waals surface area contributed by atoms with Crippen molar-refractivity contribution in [2.45, 2.75) is 63.3 Å². The maximum absolute atomic E-state index is 6.34. The van der Waals surface area contributed by atoms with E-state index in [1.54, 1.807) is 7.11 Å². The van der Waals surface area contributed by atoms with Crippen LogP contribution in [0.5, 0.6) is 0 Å². The molecule has 1 aromatic rings. The third kappa shape index (κ3) is 3.84. The second kappa shape index (κ2) is 6.90. The molecule has 1 atom stereocenters. The predicted octanol–water partition coefficient (Wildman–Crippen LogP) is 2.11. The number of hydrogen-bond acceptors (Lipinski definition) is 4. The van der Waals surface area contributed by atoms with Crippen molar-refractivity contribution >= 4 is 0 Å². The monoisotopic (exact) mass is 293 g/mol. The van der Waals surface area contributed by atoms with Crippen LogP contribution in [0.3, 0.4) is 0 Å². The molecule has 0 amide bonds.